The Morgan fingerprint density at radius 1 is 1.60 bits per heavy atom. The largest absolute Gasteiger partial charge is 0.435 e. The van der Waals surface area contributed by atoms with Crippen molar-refractivity contribution in [2.45, 2.75) is 20.1 Å². The molecule has 0 aromatic heterocycles. The summed E-state index contributed by atoms with van der Waals surface area (Å²) >= 11 is 0. The third-order valence-corrected chi connectivity index (χ3v) is 2.71. The zero-order valence-electron chi connectivity index (χ0n) is 6.00. The van der Waals surface area contributed by atoms with Gasteiger partial charge in [-0.05, 0) is 5.41 Å². The maximum Gasteiger partial charge on any atom is 0.312 e. The van der Waals surface area contributed by atoms with Crippen LogP contribution in [0.15, 0.2) is 0 Å². The fourth-order valence-corrected chi connectivity index (χ4v) is 1.93. The molecule has 0 aromatic carbocycles. The second kappa shape index (κ2) is 1.37. The summed E-state index contributed by atoms with van der Waals surface area (Å²) in [6.45, 7) is 3.96. The third-order valence-electron chi connectivity index (χ3n) is 2.71. The van der Waals surface area contributed by atoms with E-state index >= 15 is 0 Å². The van der Waals surface area contributed by atoms with Crippen LogP contribution in [-0.2, 0) is 9.53 Å². The summed E-state index contributed by atoms with van der Waals surface area (Å²) in [5.74, 6) is -0.218. The molecule has 0 amide bonds. The molecule has 0 aromatic rings. The molecule has 2 rings (SSSR count). The van der Waals surface area contributed by atoms with Gasteiger partial charge in [-0.3, -0.25) is 4.79 Å². The molecule has 1 heterocycles. The number of hydrogen-bond donors (Lipinski definition) is 1. The van der Waals surface area contributed by atoms with E-state index in [1.165, 1.54) is 0 Å². The van der Waals surface area contributed by atoms with Crippen LogP contribution >= 0.6 is 0 Å². The van der Waals surface area contributed by atoms with Crippen molar-refractivity contribution in [3.63, 3.8) is 0 Å². The molecule has 1 aliphatic carbocycles. The van der Waals surface area contributed by atoms with Crippen LogP contribution in [0.3, 0.4) is 0 Å². The monoisotopic (exact) mass is 142 g/mol. The number of cyclic esters (lactones) is 1. The van der Waals surface area contributed by atoms with Crippen molar-refractivity contribution in [1.29, 1.82) is 0 Å². The van der Waals surface area contributed by atoms with E-state index in [0.29, 0.717) is 0 Å². The molecule has 1 saturated heterocycles. The van der Waals surface area contributed by atoms with Gasteiger partial charge in [-0.25, -0.2) is 0 Å². The first-order valence-electron chi connectivity index (χ1n) is 3.43. The van der Waals surface area contributed by atoms with Gasteiger partial charge in [-0.2, -0.15) is 0 Å². The summed E-state index contributed by atoms with van der Waals surface area (Å²) in [6, 6.07) is 0. The molecule has 2 unspecified atom stereocenters. The molecule has 3 nitrogen and oxygen atoms in total. The fourth-order valence-electron chi connectivity index (χ4n) is 1.93. The summed E-state index contributed by atoms with van der Waals surface area (Å²) in [6.07, 6.45) is -0.840. The summed E-state index contributed by atoms with van der Waals surface area (Å²) in [5.41, 5.74) is -0.0191. The van der Waals surface area contributed by atoms with Gasteiger partial charge in [0, 0.05) is 5.92 Å². The lowest BCUT2D eigenvalue weighted by Crippen LogP contribution is -2.18. The van der Waals surface area contributed by atoms with E-state index in [4.69, 9.17) is 5.11 Å². The second-order valence-electron chi connectivity index (χ2n) is 3.65. The molecule has 56 valence electrons. The van der Waals surface area contributed by atoms with Gasteiger partial charge in [-0.15, -0.1) is 0 Å². The number of rotatable bonds is 0. The van der Waals surface area contributed by atoms with Gasteiger partial charge in [0.1, 0.15) is 0 Å². The van der Waals surface area contributed by atoms with Crippen LogP contribution in [0.2, 0.25) is 0 Å². The molecule has 2 fully saturated rings. The summed E-state index contributed by atoms with van der Waals surface area (Å²) in [5, 5.41) is 9.10. The Kier molecular flexibility index (Phi) is 0.844. The Morgan fingerprint density at radius 3 is 2.40 bits per heavy atom. The van der Waals surface area contributed by atoms with Gasteiger partial charge >= 0.3 is 5.97 Å². The summed E-state index contributed by atoms with van der Waals surface area (Å²) in [4.78, 5) is 10.9. The normalized spacial score (nSPS) is 48.3. The van der Waals surface area contributed by atoms with E-state index in [-0.39, 0.29) is 23.2 Å². The molecule has 1 saturated carbocycles. The number of carbonyl (C=O) groups is 1. The molecular weight excluding hydrogens is 132 g/mol. The minimum atomic E-state index is -0.840. The highest BCUT2D eigenvalue weighted by molar-refractivity contribution is 5.80. The van der Waals surface area contributed by atoms with E-state index in [1.807, 2.05) is 13.8 Å². The van der Waals surface area contributed by atoms with E-state index in [2.05, 4.69) is 4.74 Å². The lowest BCUT2D eigenvalue weighted by Gasteiger charge is -2.11. The number of fused-ring (bicyclic) bond motifs is 1. The second-order valence-corrected chi connectivity index (χ2v) is 3.65. The van der Waals surface area contributed by atoms with Crippen molar-refractivity contribution in [3.05, 3.63) is 0 Å². The van der Waals surface area contributed by atoms with Crippen LogP contribution < -0.4 is 0 Å². The SMILES string of the molecule is CC1(C)C2C(=O)OC(O)[C@@H]21. The Labute approximate surface area is 59.0 Å². The van der Waals surface area contributed by atoms with Crippen molar-refractivity contribution in [1.82, 2.24) is 0 Å². The quantitative estimate of drug-likeness (QED) is 0.489. The Hall–Kier alpha value is -0.570. The Bertz CT molecular complexity index is 197. The molecular formula is C7H10O3. The molecule has 0 bridgehead atoms. The zero-order chi connectivity index (χ0) is 7.52. The molecule has 3 heteroatoms. The van der Waals surface area contributed by atoms with Gasteiger partial charge in [0.2, 0.25) is 6.29 Å². The molecule has 1 N–H and O–H groups in total. The minimum Gasteiger partial charge on any atom is -0.435 e. The highest BCUT2D eigenvalue weighted by Gasteiger charge is 2.71. The number of aliphatic hydroxyl groups excluding tert-OH is 1. The van der Waals surface area contributed by atoms with Crippen LogP contribution in [-0.4, -0.2) is 17.4 Å². The zero-order valence-corrected chi connectivity index (χ0v) is 6.00. The van der Waals surface area contributed by atoms with Crippen LogP contribution in [0.25, 0.3) is 0 Å². The van der Waals surface area contributed by atoms with Crippen LogP contribution in [0.5, 0.6) is 0 Å². The average Bonchev–Trinajstić information content (AvgIpc) is 2.17. The van der Waals surface area contributed by atoms with Gasteiger partial charge < -0.3 is 9.84 Å². The van der Waals surface area contributed by atoms with E-state index in [9.17, 15) is 4.79 Å². The first kappa shape index (κ1) is 6.16. The number of carbonyl (C=O) groups excluding carboxylic acids is 1. The first-order valence-corrected chi connectivity index (χ1v) is 3.43. The summed E-state index contributed by atoms with van der Waals surface area (Å²) < 4.78 is 4.58. The number of aliphatic hydroxyl groups is 1. The molecule has 0 radical (unpaired) electrons. The van der Waals surface area contributed by atoms with Crippen LogP contribution in [0, 0.1) is 17.3 Å². The standard InChI is InChI=1S/C7H10O3/c1-7(2)3-4(7)6(9)10-5(3)8/h3-5,8H,1-2H3/t3-,4?,5?/m1/s1. The van der Waals surface area contributed by atoms with Gasteiger partial charge in [0.15, 0.2) is 0 Å². The van der Waals surface area contributed by atoms with Gasteiger partial charge in [0.25, 0.3) is 0 Å². The fraction of sp³-hybridized carbons (Fsp3) is 0.857. The van der Waals surface area contributed by atoms with Gasteiger partial charge in [0.05, 0.1) is 5.92 Å². The molecule has 10 heavy (non-hydrogen) atoms. The highest BCUT2D eigenvalue weighted by Crippen LogP contribution is 2.63. The third kappa shape index (κ3) is 0.475. The van der Waals surface area contributed by atoms with Crippen molar-refractivity contribution >= 4 is 5.97 Å². The van der Waals surface area contributed by atoms with E-state index < -0.39 is 6.29 Å². The topological polar surface area (TPSA) is 46.5 Å². The Morgan fingerprint density at radius 2 is 2.20 bits per heavy atom. The van der Waals surface area contributed by atoms with Crippen molar-refractivity contribution in [2.24, 2.45) is 17.3 Å². The average molecular weight is 142 g/mol. The van der Waals surface area contributed by atoms with E-state index in [0.717, 1.165) is 0 Å². The minimum absolute atomic E-state index is 0.0191. The van der Waals surface area contributed by atoms with Crippen molar-refractivity contribution in [2.75, 3.05) is 0 Å². The molecule has 2 aliphatic rings. The maximum atomic E-state index is 10.9. The molecule has 3 atom stereocenters. The smallest absolute Gasteiger partial charge is 0.312 e. The number of esters is 1. The highest BCUT2D eigenvalue weighted by atomic mass is 16.6. The van der Waals surface area contributed by atoms with Crippen LogP contribution in [0.4, 0.5) is 0 Å². The summed E-state index contributed by atoms with van der Waals surface area (Å²) in [7, 11) is 0. The van der Waals surface area contributed by atoms with Gasteiger partial charge in [-0.1, -0.05) is 13.8 Å². The van der Waals surface area contributed by atoms with Crippen molar-refractivity contribution < 1.29 is 14.6 Å². The lowest BCUT2D eigenvalue weighted by atomic mass is 10.1. The predicted molar refractivity (Wildman–Crippen MR) is 32.9 cm³/mol. The first-order chi connectivity index (χ1) is 4.55. The lowest BCUT2D eigenvalue weighted by molar-refractivity contribution is -0.164. The Balaban J connectivity index is 2.25. The molecule has 1 aliphatic heterocycles. The van der Waals surface area contributed by atoms with Crippen molar-refractivity contribution in [3.8, 4) is 0 Å². The maximum absolute atomic E-state index is 10.9. The number of hydrogen-bond acceptors (Lipinski definition) is 3. The number of ether oxygens (including phenoxy) is 1. The predicted octanol–water partition coefficient (Wildman–Crippen LogP) is 0.134. The van der Waals surface area contributed by atoms with E-state index in [1.54, 1.807) is 0 Å². The molecule has 0 spiro atoms. The van der Waals surface area contributed by atoms with Crippen LogP contribution in [0.1, 0.15) is 13.8 Å².